The number of benzene rings is 2. The quantitative estimate of drug-likeness (QED) is 0.119. The molecule has 2 aromatic carbocycles. The van der Waals surface area contributed by atoms with E-state index < -0.39 is 17.7 Å². The van der Waals surface area contributed by atoms with Crippen LogP contribution in [0.1, 0.15) is 90.1 Å². The number of ether oxygens (including phenoxy) is 1. The van der Waals surface area contributed by atoms with Crippen LogP contribution in [0.5, 0.6) is 5.75 Å². The number of methoxy groups -OCH3 is 1. The Kier molecular flexibility index (Phi) is 11.1. The lowest BCUT2D eigenvalue weighted by atomic mass is 10.0. The van der Waals surface area contributed by atoms with Crippen LogP contribution >= 0.6 is 11.6 Å². The van der Waals surface area contributed by atoms with Crippen LogP contribution in [0.2, 0.25) is 5.02 Å². The summed E-state index contributed by atoms with van der Waals surface area (Å²) < 4.78 is 40.2. The number of aromatic nitrogens is 6. The van der Waals surface area contributed by atoms with Gasteiger partial charge in [-0.05, 0) is 51.8 Å². The number of hydrogen-bond donors (Lipinski definition) is 2. The van der Waals surface area contributed by atoms with E-state index >= 15 is 8.78 Å². The zero-order chi connectivity index (χ0) is 37.2. The van der Waals surface area contributed by atoms with Gasteiger partial charge in [-0.15, -0.1) is 0 Å². The number of unbranched alkanes of at least 4 members (excludes halogenated alkanes) is 6. The van der Waals surface area contributed by atoms with Crippen LogP contribution in [0.25, 0.3) is 39.3 Å². The third kappa shape index (κ3) is 7.20. The van der Waals surface area contributed by atoms with Gasteiger partial charge in [0.2, 0.25) is 5.82 Å². The summed E-state index contributed by atoms with van der Waals surface area (Å²) in [5, 5.41) is 11.1. The van der Waals surface area contributed by atoms with Gasteiger partial charge in [0.05, 0.1) is 35.0 Å². The van der Waals surface area contributed by atoms with Crippen molar-refractivity contribution in [1.82, 2.24) is 34.7 Å². The lowest BCUT2D eigenvalue weighted by Gasteiger charge is -2.41. The number of piperazine rings is 1. The van der Waals surface area contributed by atoms with Gasteiger partial charge in [-0.2, -0.15) is 9.49 Å². The van der Waals surface area contributed by atoms with Crippen molar-refractivity contribution in [2.45, 2.75) is 84.2 Å². The molecule has 5 aromatic rings. The molecular formula is C38H46ClF2N9O2. The van der Waals surface area contributed by atoms with Crippen LogP contribution < -0.4 is 26.4 Å². The molecule has 52 heavy (non-hydrogen) atoms. The highest BCUT2D eigenvalue weighted by Crippen LogP contribution is 2.39. The van der Waals surface area contributed by atoms with Crippen LogP contribution in [0.3, 0.4) is 0 Å². The zero-order valence-electron chi connectivity index (χ0n) is 30.3. The van der Waals surface area contributed by atoms with Gasteiger partial charge < -0.3 is 20.8 Å². The second-order valence-electron chi connectivity index (χ2n) is 14.0. The maximum absolute atomic E-state index is 16.1. The zero-order valence-corrected chi connectivity index (χ0v) is 31.1. The molecule has 11 nitrogen and oxygen atoms in total. The molecule has 276 valence electrons. The van der Waals surface area contributed by atoms with Gasteiger partial charge in [0, 0.05) is 29.8 Å². The van der Waals surface area contributed by atoms with Crippen molar-refractivity contribution in [2.24, 2.45) is 0 Å². The first kappa shape index (κ1) is 37.1. The number of fused-ring (bicyclic) bond motifs is 2. The third-order valence-electron chi connectivity index (χ3n) is 9.61. The smallest absolute Gasteiger partial charge is 0.281 e. The fourth-order valence-corrected chi connectivity index (χ4v) is 7.23. The Morgan fingerprint density at radius 2 is 1.88 bits per heavy atom. The van der Waals surface area contributed by atoms with E-state index in [1.807, 2.05) is 18.0 Å². The highest BCUT2D eigenvalue weighted by atomic mass is 35.5. The number of anilines is 1. The fourth-order valence-electron chi connectivity index (χ4n) is 6.98. The van der Waals surface area contributed by atoms with Crippen molar-refractivity contribution in [3.63, 3.8) is 0 Å². The van der Waals surface area contributed by atoms with Gasteiger partial charge in [0.15, 0.2) is 23.0 Å². The number of allylic oxidation sites excluding steroid dienone is 1. The summed E-state index contributed by atoms with van der Waals surface area (Å²) >= 11 is 6.56. The lowest BCUT2D eigenvalue weighted by Crippen LogP contribution is -2.62. The Bertz CT molecular complexity index is 2180. The van der Waals surface area contributed by atoms with Crippen molar-refractivity contribution >= 4 is 45.4 Å². The number of nitrogens with two attached hydrogens (primary N) is 1. The number of nitrogen functional groups attached to an aromatic ring is 1. The molecular weight excluding hydrogens is 688 g/mol. The minimum absolute atomic E-state index is 0.0359. The standard InChI is InChI=1S/C38H46ClF2N9O2/c1-6-7-8-9-10-11-12-13-15-24-20-25(30(40)31(41)33(24)52-5)32-29-34(42)43-22-44-36(29)49(47-32)23(2)35-46-27-17-14-16-26(39)28(27)37(51)50(35)48-19-18-45-38(3,4)21-48/h13-17,20,22-23,45H,6-12,18-19,21H2,1-5H3,(H2,42,43,44)/b15-13-. The van der Waals surface area contributed by atoms with Crippen molar-refractivity contribution in [3.05, 3.63) is 75.1 Å². The van der Waals surface area contributed by atoms with Gasteiger partial charge in [0.1, 0.15) is 23.9 Å². The lowest BCUT2D eigenvalue weighted by molar-refractivity contribution is 0.306. The highest BCUT2D eigenvalue weighted by molar-refractivity contribution is 6.35. The molecule has 0 aliphatic carbocycles. The SMILES string of the molecule is CCCCCCCC/C=C\c1cc(-c2nn(C(C)c3nc4cccc(Cl)c4c(=O)n3N3CCNC(C)(C)C3)c3ncnc(N)c23)c(F)c(F)c1OC. The van der Waals surface area contributed by atoms with Gasteiger partial charge in [-0.3, -0.25) is 4.79 Å². The first-order valence-corrected chi connectivity index (χ1v) is 18.3. The summed E-state index contributed by atoms with van der Waals surface area (Å²) in [6.45, 7) is 9.77. The molecule has 3 aromatic heterocycles. The Balaban J connectivity index is 1.48. The van der Waals surface area contributed by atoms with Crippen LogP contribution in [-0.4, -0.2) is 61.7 Å². The van der Waals surface area contributed by atoms with E-state index in [0.717, 1.165) is 19.3 Å². The van der Waals surface area contributed by atoms with Crippen LogP contribution in [0.4, 0.5) is 14.6 Å². The average molecular weight is 734 g/mol. The molecule has 0 amide bonds. The summed E-state index contributed by atoms with van der Waals surface area (Å²) in [6, 6.07) is 5.89. The average Bonchev–Trinajstić information content (AvgIpc) is 3.50. The second kappa shape index (κ2) is 15.5. The third-order valence-corrected chi connectivity index (χ3v) is 9.93. The van der Waals surface area contributed by atoms with Crippen LogP contribution in [-0.2, 0) is 0 Å². The number of nitrogens with one attached hydrogen (secondary N) is 1. The molecule has 1 aliphatic heterocycles. The summed E-state index contributed by atoms with van der Waals surface area (Å²) in [7, 11) is 1.31. The van der Waals surface area contributed by atoms with E-state index in [2.05, 4.69) is 36.1 Å². The number of rotatable bonds is 13. The number of hydrogen-bond acceptors (Lipinski definition) is 9. The first-order chi connectivity index (χ1) is 25.0. The van der Waals surface area contributed by atoms with Gasteiger partial charge >= 0.3 is 0 Å². The monoisotopic (exact) mass is 733 g/mol. The predicted octanol–water partition coefficient (Wildman–Crippen LogP) is 7.42. The molecule has 1 unspecified atom stereocenters. The molecule has 0 saturated carbocycles. The van der Waals surface area contributed by atoms with E-state index in [-0.39, 0.29) is 45.0 Å². The number of halogens is 3. The van der Waals surface area contributed by atoms with E-state index in [1.165, 1.54) is 49.9 Å². The van der Waals surface area contributed by atoms with E-state index in [4.69, 9.17) is 32.2 Å². The predicted molar refractivity (Wildman–Crippen MR) is 204 cm³/mol. The molecule has 0 bridgehead atoms. The first-order valence-electron chi connectivity index (χ1n) is 17.9. The largest absolute Gasteiger partial charge is 0.493 e. The van der Waals surface area contributed by atoms with Gasteiger partial charge in [-0.1, -0.05) is 68.8 Å². The van der Waals surface area contributed by atoms with Crippen molar-refractivity contribution in [1.29, 1.82) is 0 Å². The normalized spacial score (nSPS) is 15.3. The van der Waals surface area contributed by atoms with Crippen molar-refractivity contribution in [2.75, 3.05) is 37.5 Å². The Labute approximate surface area is 306 Å². The molecule has 1 atom stereocenters. The molecule has 6 rings (SSSR count). The Morgan fingerprint density at radius 3 is 2.63 bits per heavy atom. The summed E-state index contributed by atoms with van der Waals surface area (Å²) in [5.41, 5.74) is 6.73. The molecule has 1 fully saturated rings. The molecule has 4 heterocycles. The van der Waals surface area contributed by atoms with Crippen LogP contribution in [0.15, 0.2) is 41.5 Å². The molecule has 3 N–H and O–H groups in total. The fraction of sp³-hybridized carbons (Fsp3) is 0.447. The summed E-state index contributed by atoms with van der Waals surface area (Å²) in [6.07, 6.45) is 12.7. The minimum Gasteiger partial charge on any atom is -0.493 e. The molecule has 0 spiro atoms. The molecule has 1 aliphatic rings. The topological polar surface area (TPSA) is 129 Å². The minimum atomic E-state index is -1.15. The van der Waals surface area contributed by atoms with E-state index in [9.17, 15) is 4.79 Å². The second-order valence-corrected chi connectivity index (χ2v) is 14.4. The van der Waals surface area contributed by atoms with E-state index in [0.29, 0.717) is 46.9 Å². The maximum Gasteiger partial charge on any atom is 0.281 e. The van der Waals surface area contributed by atoms with Crippen molar-refractivity contribution in [3.8, 4) is 17.0 Å². The molecule has 14 heteroatoms. The number of nitrogens with zero attached hydrogens (tertiary/aromatic N) is 7. The highest BCUT2D eigenvalue weighted by Gasteiger charge is 2.32. The maximum atomic E-state index is 16.1. The van der Waals surface area contributed by atoms with Gasteiger partial charge in [-0.25, -0.2) is 28.7 Å². The van der Waals surface area contributed by atoms with Crippen LogP contribution in [0, 0.1) is 11.6 Å². The van der Waals surface area contributed by atoms with E-state index in [1.54, 1.807) is 29.0 Å². The summed E-state index contributed by atoms with van der Waals surface area (Å²) in [5.74, 6) is -2.11. The Morgan fingerprint density at radius 1 is 1.12 bits per heavy atom. The molecule has 0 radical (unpaired) electrons. The van der Waals surface area contributed by atoms with Gasteiger partial charge in [0.25, 0.3) is 5.56 Å². The summed E-state index contributed by atoms with van der Waals surface area (Å²) in [4.78, 5) is 28.0. The van der Waals surface area contributed by atoms with Crippen molar-refractivity contribution < 1.29 is 13.5 Å². The molecule has 1 saturated heterocycles. The Hall–Kier alpha value is -4.62.